The highest BCUT2D eigenvalue weighted by Gasteiger charge is 1.95. The monoisotopic (exact) mass is 294 g/mol. The number of unbranched alkanes of at least 4 members (excludes halogenated alkanes) is 8. The minimum absolute atomic E-state index is 0.125. The van der Waals surface area contributed by atoms with Crippen molar-refractivity contribution in [1.29, 1.82) is 0 Å². The number of hydrogen-bond acceptors (Lipinski definition) is 2. The first-order valence-corrected chi connectivity index (χ1v) is 8.68. The van der Waals surface area contributed by atoms with Crippen LogP contribution in [0.15, 0.2) is 24.3 Å². The van der Waals surface area contributed by atoms with E-state index in [1.54, 1.807) is 0 Å². The molecule has 0 saturated carbocycles. The van der Waals surface area contributed by atoms with Gasteiger partial charge in [0.15, 0.2) is 0 Å². The second kappa shape index (κ2) is 17.0. The van der Waals surface area contributed by atoms with Crippen LogP contribution in [-0.2, 0) is 9.53 Å². The first-order chi connectivity index (χ1) is 10.3. The topological polar surface area (TPSA) is 26.3 Å². The van der Waals surface area contributed by atoms with E-state index in [-0.39, 0.29) is 5.97 Å². The highest BCUT2D eigenvalue weighted by atomic mass is 16.5. The Bertz CT molecular complexity index is 279. The number of hydrogen-bond donors (Lipinski definition) is 0. The van der Waals surface area contributed by atoms with Gasteiger partial charge >= 0.3 is 5.97 Å². The molecule has 0 heterocycles. The van der Waals surface area contributed by atoms with Crippen molar-refractivity contribution < 1.29 is 9.53 Å². The fraction of sp³-hybridized carbons (Fsp3) is 0.737. The Labute approximate surface area is 131 Å². The quantitative estimate of drug-likeness (QED) is 0.224. The van der Waals surface area contributed by atoms with Crippen LogP contribution in [0.3, 0.4) is 0 Å². The predicted molar refractivity (Wildman–Crippen MR) is 91.4 cm³/mol. The smallest absolute Gasteiger partial charge is 0.305 e. The van der Waals surface area contributed by atoms with E-state index in [2.05, 4.69) is 36.0 Å². The molecule has 0 unspecified atom stereocenters. The number of esters is 1. The highest BCUT2D eigenvalue weighted by Crippen LogP contribution is 2.07. The summed E-state index contributed by atoms with van der Waals surface area (Å²) in [5.41, 5.74) is 0. The van der Waals surface area contributed by atoms with Crippen LogP contribution in [0.5, 0.6) is 0 Å². The van der Waals surface area contributed by atoms with Crippen molar-refractivity contribution in [2.24, 2.45) is 0 Å². The van der Waals surface area contributed by atoms with Crippen LogP contribution >= 0.6 is 0 Å². The first kappa shape index (κ1) is 19.9. The summed E-state index contributed by atoms with van der Waals surface area (Å²) < 4.78 is 4.59. The number of carbonyl (C=O) groups is 1. The Morgan fingerprint density at radius 1 is 0.762 bits per heavy atom. The van der Waals surface area contributed by atoms with Crippen LogP contribution in [0.1, 0.15) is 84.0 Å². The molecule has 0 saturated heterocycles. The summed E-state index contributed by atoms with van der Waals surface area (Å²) in [7, 11) is 1.44. The van der Waals surface area contributed by atoms with Crippen LogP contribution < -0.4 is 0 Å². The van der Waals surface area contributed by atoms with Crippen molar-refractivity contribution >= 4 is 5.97 Å². The van der Waals surface area contributed by atoms with Gasteiger partial charge < -0.3 is 4.74 Å². The van der Waals surface area contributed by atoms with Gasteiger partial charge in [0.05, 0.1) is 7.11 Å². The lowest BCUT2D eigenvalue weighted by atomic mass is 10.1. The minimum Gasteiger partial charge on any atom is -0.469 e. The Balaban J connectivity index is 3.20. The van der Waals surface area contributed by atoms with E-state index in [4.69, 9.17) is 0 Å². The van der Waals surface area contributed by atoms with Gasteiger partial charge in [-0.2, -0.15) is 0 Å². The maximum atomic E-state index is 10.9. The van der Waals surface area contributed by atoms with Gasteiger partial charge in [-0.3, -0.25) is 4.79 Å². The molecule has 0 aliphatic rings. The van der Waals surface area contributed by atoms with Gasteiger partial charge in [0.2, 0.25) is 0 Å². The molecule has 0 spiro atoms. The summed E-state index contributed by atoms with van der Waals surface area (Å²) in [6.07, 6.45) is 23.1. The summed E-state index contributed by atoms with van der Waals surface area (Å²) in [6, 6.07) is 0. The zero-order valence-corrected chi connectivity index (χ0v) is 14.1. The SMILES string of the molecule is CCCCCCC/C=C/CCCC/C=C/CCC(=O)OC. The number of methoxy groups -OCH3 is 1. The van der Waals surface area contributed by atoms with E-state index in [9.17, 15) is 4.79 Å². The van der Waals surface area contributed by atoms with Crippen molar-refractivity contribution in [3.63, 3.8) is 0 Å². The molecule has 0 rings (SSSR count). The van der Waals surface area contributed by atoms with Gasteiger partial charge in [0, 0.05) is 6.42 Å². The fourth-order valence-corrected chi connectivity index (χ4v) is 2.16. The van der Waals surface area contributed by atoms with Crippen LogP contribution in [0, 0.1) is 0 Å². The summed E-state index contributed by atoms with van der Waals surface area (Å²) >= 11 is 0. The number of ether oxygens (including phenoxy) is 1. The second-order valence-corrected chi connectivity index (χ2v) is 5.54. The zero-order chi connectivity index (χ0) is 15.6. The van der Waals surface area contributed by atoms with Crippen LogP contribution in [-0.4, -0.2) is 13.1 Å². The normalized spacial score (nSPS) is 11.5. The maximum Gasteiger partial charge on any atom is 0.305 e. The van der Waals surface area contributed by atoms with E-state index in [1.807, 2.05) is 0 Å². The standard InChI is InChI=1S/C19H34O2/c1-3-4-5-6-7-8-9-10-11-12-13-14-15-16-17-18-19(20)21-2/h9-10,15-16H,3-8,11-14,17-18H2,1-2H3/b10-9+,16-15+. The number of carbonyl (C=O) groups excluding carboxylic acids is 1. The molecule has 0 aromatic rings. The Kier molecular flexibility index (Phi) is 16.2. The van der Waals surface area contributed by atoms with Gasteiger partial charge in [-0.1, -0.05) is 56.9 Å². The Morgan fingerprint density at radius 3 is 1.76 bits per heavy atom. The molecule has 0 bridgehead atoms. The molecule has 0 amide bonds. The number of rotatable bonds is 14. The molecule has 2 nitrogen and oxygen atoms in total. The molecular formula is C19H34O2. The fourth-order valence-electron chi connectivity index (χ4n) is 2.16. The van der Waals surface area contributed by atoms with E-state index in [1.165, 1.54) is 64.9 Å². The maximum absolute atomic E-state index is 10.9. The summed E-state index contributed by atoms with van der Waals surface area (Å²) in [4.78, 5) is 10.9. The molecule has 0 aliphatic heterocycles. The van der Waals surface area contributed by atoms with E-state index >= 15 is 0 Å². The van der Waals surface area contributed by atoms with Gasteiger partial charge in [-0.25, -0.2) is 0 Å². The summed E-state index contributed by atoms with van der Waals surface area (Å²) in [6.45, 7) is 2.26. The third-order valence-corrected chi connectivity index (χ3v) is 3.54. The van der Waals surface area contributed by atoms with Crippen LogP contribution in [0.25, 0.3) is 0 Å². The van der Waals surface area contributed by atoms with Gasteiger partial charge in [0.1, 0.15) is 0 Å². The predicted octanol–water partition coefficient (Wildman–Crippen LogP) is 5.97. The molecule has 0 fully saturated rings. The minimum atomic E-state index is -0.125. The third kappa shape index (κ3) is 16.9. The molecular weight excluding hydrogens is 260 g/mol. The Morgan fingerprint density at radius 2 is 1.24 bits per heavy atom. The molecule has 0 atom stereocenters. The molecule has 0 aliphatic carbocycles. The summed E-state index contributed by atoms with van der Waals surface area (Å²) in [5, 5.41) is 0. The van der Waals surface area contributed by atoms with Gasteiger partial charge in [0.25, 0.3) is 0 Å². The molecule has 0 aromatic heterocycles. The van der Waals surface area contributed by atoms with E-state index < -0.39 is 0 Å². The third-order valence-electron chi connectivity index (χ3n) is 3.54. The van der Waals surface area contributed by atoms with Gasteiger partial charge in [-0.05, 0) is 44.9 Å². The van der Waals surface area contributed by atoms with Crippen molar-refractivity contribution in [2.45, 2.75) is 84.0 Å². The van der Waals surface area contributed by atoms with Crippen molar-refractivity contribution in [1.82, 2.24) is 0 Å². The zero-order valence-electron chi connectivity index (χ0n) is 14.1. The average Bonchev–Trinajstić information content (AvgIpc) is 2.50. The van der Waals surface area contributed by atoms with Gasteiger partial charge in [-0.15, -0.1) is 0 Å². The van der Waals surface area contributed by atoms with Crippen molar-refractivity contribution in [2.75, 3.05) is 7.11 Å². The molecule has 0 radical (unpaired) electrons. The molecule has 2 heteroatoms. The lowest BCUT2D eigenvalue weighted by Gasteiger charge is -1.97. The van der Waals surface area contributed by atoms with Crippen LogP contribution in [0.2, 0.25) is 0 Å². The first-order valence-electron chi connectivity index (χ1n) is 8.68. The number of allylic oxidation sites excluding steroid dienone is 4. The highest BCUT2D eigenvalue weighted by molar-refractivity contribution is 5.69. The summed E-state index contributed by atoms with van der Waals surface area (Å²) in [5.74, 6) is -0.125. The lowest BCUT2D eigenvalue weighted by Crippen LogP contribution is -1.97. The largest absolute Gasteiger partial charge is 0.469 e. The van der Waals surface area contributed by atoms with Crippen molar-refractivity contribution in [3.8, 4) is 0 Å². The molecule has 122 valence electrons. The second-order valence-electron chi connectivity index (χ2n) is 5.54. The van der Waals surface area contributed by atoms with Crippen molar-refractivity contribution in [3.05, 3.63) is 24.3 Å². The molecule has 21 heavy (non-hydrogen) atoms. The van der Waals surface area contributed by atoms with Crippen LogP contribution in [0.4, 0.5) is 0 Å². The molecule has 0 aromatic carbocycles. The molecule has 0 N–H and O–H groups in total. The Hall–Kier alpha value is -1.05. The average molecular weight is 294 g/mol. The lowest BCUT2D eigenvalue weighted by molar-refractivity contribution is -0.140. The van der Waals surface area contributed by atoms with E-state index in [0.29, 0.717) is 6.42 Å². The van der Waals surface area contributed by atoms with E-state index in [0.717, 1.165) is 12.8 Å².